The molecule has 6 heteroatoms. The van der Waals surface area contributed by atoms with Crippen molar-refractivity contribution in [3.05, 3.63) is 35.4 Å². The third kappa shape index (κ3) is 4.23. The molecule has 3 rings (SSSR count). The zero-order chi connectivity index (χ0) is 16.8. The Morgan fingerprint density at radius 2 is 2.08 bits per heavy atom. The lowest BCUT2D eigenvalue weighted by molar-refractivity contribution is -0.0124. The predicted octanol–water partition coefficient (Wildman–Crippen LogP) is 2.00. The molecule has 1 aromatic carbocycles. The van der Waals surface area contributed by atoms with Crippen LogP contribution in [-0.2, 0) is 11.3 Å². The van der Waals surface area contributed by atoms with Crippen LogP contribution in [0.4, 0.5) is 4.79 Å². The molecule has 0 bridgehead atoms. The van der Waals surface area contributed by atoms with Crippen LogP contribution in [0.3, 0.4) is 0 Å². The number of carbonyl (C=O) groups is 1. The van der Waals surface area contributed by atoms with Crippen LogP contribution >= 0.6 is 11.8 Å². The molecule has 2 heterocycles. The molecule has 2 saturated heterocycles. The number of nitrogens with one attached hydrogen (secondary N) is 2. The van der Waals surface area contributed by atoms with Gasteiger partial charge in [-0.1, -0.05) is 24.3 Å². The van der Waals surface area contributed by atoms with Crippen molar-refractivity contribution < 1.29 is 9.53 Å². The summed E-state index contributed by atoms with van der Waals surface area (Å²) in [7, 11) is 0. The third-order valence-electron chi connectivity index (χ3n) is 5.04. The number of thioether (sulfide) groups is 1. The van der Waals surface area contributed by atoms with Crippen LogP contribution in [0.5, 0.6) is 0 Å². The molecule has 0 radical (unpaired) electrons. The van der Waals surface area contributed by atoms with Crippen LogP contribution in [0.25, 0.3) is 0 Å². The molecule has 2 N–H and O–H groups in total. The number of nitrogens with zero attached hydrogens (tertiary/aromatic N) is 1. The first-order valence-corrected chi connectivity index (χ1v) is 9.82. The Balaban J connectivity index is 1.51. The smallest absolute Gasteiger partial charge is 0.315 e. The Labute approximate surface area is 148 Å². The summed E-state index contributed by atoms with van der Waals surface area (Å²) in [6.07, 6.45) is 1.13. The van der Waals surface area contributed by atoms with Gasteiger partial charge in [0.1, 0.15) is 0 Å². The number of benzene rings is 1. The molecule has 2 amide bonds. The molecule has 24 heavy (non-hydrogen) atoms. The van der Waals surface area contributed by atoms with Crippen molar-refractivity contribution in [1.29, 1.82) is 0 Å². The first-order chi connectivity index (χ1) is 11.7. The molecular weight excluding hydrogens is 322 g/mol. The highest BCUT2D eigenvalue weighted by molar-refractivity contribution is 7.99. The molecule has 2 aliphatic rings. The van der Waals surface area contributed by atoms with E-state index in [-0.39, 0.29) is 11.6 Å². The molecule has 0 aliphatic carbocycles. The molecular formula is C18H27N3O2S. The second-order valence-corrected chi connectivity index (χ2v) is 7.69. The Hall–Kier alpha value is -1.24. The number of amides is 2. The fourth-order valence-electron chi connectivity index (χ4n) is 3.43. The molecule has 2 aliphatic heterocycles. The second-order valence-electron chi connectivity index (χ2n) is 6.59. The molecule has 1 unspecified atom stereocenters. The average molecular weight is 350 g/mol. The first-order valence-electron chi connectivity index (χ1n) is 8.66. The molecule has 1 aromatic rings. The number of ether oxygens (including phenoxy) is 1. The highest BCUT2D eigenvalue weighted by atomic mass is 32.2. The third-order valence-corrected chi connectivity index (χ3v) is 6.28. The number of morpholine rings is 1. The van der Waals surface area contributed by atoms with E-state index in [0.717, 1.165) is 44.0 Å². The predicted molar refractivity (Wildman–Crippen MR) is 98.5 cm³/mol. The van der Waals surface area contributed by atoms with Gasteiger partial charge < -0.3 is 15.4 Å². The summed E-state index contributed by atoms with van der Waals surface area (Å²) in [5.74, 6) is 2.26. The van der Waals surface area contributed by atoms with Crippen LogP contribution in [-0.4, -0.2) is 60.8 Å². The van der Waals surface area contributed by atoms with Gasteiger partial charge in [-0.15, -0.1) is 0 Å². The number of rotatable bonds is 5. The zero-order valence-corrected chi connectivity index (χ0v) is 15.2. The van der Waals surface area contributed by atoms with Gasteiger partial charge in [-0.05, 0) is 30.2 Å². The molecule has 0 aromatic heterocycles. The van der Waals surface area contributed by atoms with E-state index >= 15 is 0 Å². The van der Waals surface area contributed by atoms with Crippen molar-refractivity contribution in [2.75, 3.05) is 44.4 Å². The molecule has 132 valence electrons. The summed E-state index contributed by atoms with van der Waals surface area (Å²) in [5, 5.41) is 6.09. The number of urea groups is 1. The van der Waals surface area contributed by atoms with Gasteiger partial charge in [0, 0.05) is 37.5 Å². The van der Waals surface area contributed by atoms with Crippen LogP contribution in [0, 0.1) is 6.92 Å². The van der Waals surface area contributed by atoms with E-state index in [1.54, 1.807) is 0 Å². The van der Waals surface area contributed by atoms with Gasteiger partial charge in [0.25, 0.3) is 0 Å². The number of aryl methyl sites for hydroxylation is 1. The minimum atomic E-state index is -0.0808. The topological polar surface area (TPSA) is 53.6 Å². The molecule has 0 spiro atoms. The van der Waals surface area contributed by atoms with E-state index in [1.807, 2.05) is 23.9 Å². The van der Waals surface area contributed by atoms with Crippen LogP contribution in [0.1, 0.15) is 17.5 Å². The van der Waals surface area contributed by atoms with E-state index in [1.165, 1.54) is 11.3 Å². The Bertz CT molecular complexity index is 555. The summed E-state index contributed by atoms with van der Waals surface area (Å²) in [4.78, 5) is 14.7. The monoisotopic (exact) mass is 349 g/mol. The van der Waals surface area contributed by atoms with Gasteiger partial charge >= 0.3 is 6.03 Å². The maximum absolute atomic E-state index is 12.2. The Morgan fingerprint density at radius 1 is 1.29 bits per heavy atom. The molecule has 5 nitrogen and oxygen atoms in total. The van der Waals surface area contributed by atoms with Gasteiger partial charge in [0.2, 0.25) is 0 Å². The first kappa shape index (κ1) is 17.6. The maximum atomic E-state index is 12.2. The highest BCUT2D eigenvalue weighted by Crippen LogP contribution is 2.33. The van der Waals surface area contributed by atoms with Crippen molar-refractivity contribution in [1.82, 2.24) is 15.5 Å². The highest BCUT2D eigenvalue weighted by Gasteiger charge is 2.40. The second kappa shape index (κ2) is 8.23. The van der Waals surface area contributed by atoms with Crippen LogP contribution in [0.15, 0.2) is 24.3 Å². The standard InChI is InChI=1S/C18H27N3O2S/c1-15-4-2-3-5-16(15)12-19-17(22)20-13-18(6-11-24-14-18)21-7-9-23-10-8-21/h2-5H,6-14H2,1H3,(H2,19,20,22). The zero-order valence-electron chi connectivity index (χ0n) is 14.3. The van der Waals surface area contributed by atoms with Crippen LogP contribution < -0.4 is 10.6 Å². The van der Waals surface area contributed by atoms with Crippen molar-refractivity contribution in [2.24, 2.45) is 0 Å². The average Bonchev–Trinajstić information content (AvgIpc) is 3.10. The molecule has 0 saturated carbocycles. The minimum Gasteiger partial charge on any atom is -0.379 e. The van der Waals surface area contributed by atoms with Crippen LogP contribution in [0.2, 0.25) is 0 Å². The Morgan fingerprint density at radius 3 is 2.79 bits per heavy atom. The number of hydrogen-bond donors (Lipinski definition) is 2. The number of carbonyl (C=O) groups excluding carboxylic acids is 1. The van der Waals surface area contributed by atoms with E-state index in [2.05, 4.69) is 34.6 Å². The molecule has 2 fully saturated rings. The van der Waals surface area contributed by atoms with Gasteiger partial charge in [-0.3, -0.25) is 4.90 Å². The van der Waals surface area contributed by atoms with E-state index in [9.17, 15) is 4.79 Å². The minimum absolute atomic E-state index is 0.0808. The van der Waals surface area contributed by atoms with E-state index < -0.39 is 0 Å². The summed E-state index contributed by atoms with van der Waals surface area (Å²) in [6.45, 7) is 6.87. The lowest BCUT2D eigenvalue weighted by Crippen LogP contribution is -2.59. The number of hydrogen-bond acceptors (Lipinski definition) is 4. The van der Waals surface area contributed by atoms with Crippen molar-refractivity contribution in [3.63, 3.8) is 0 Å². The quantitative estimate of drug-likeness (QED) is 0.854. The summed E-state index contributed by atoms with van der Waals surface area (Å²) < 4.78 is 5.48. The lowest BCUT2D eigenvalue weighted by atomic mass is 9.95. The van der Waals surface area contributed by atoms with E-state index in [4.69, 9.17) is 4.74 Å². The largest absolute Gasteiger partial charge is 0.379 e. The van der Waals surface area contributed by atoms with E-state index in [0.29, 0.717) is 13.1 Å². The van der Waals surface area contributed by atoms with Gasteiger partial charge in [-0.25, -0.2) is 4.79 Å². The fraction of sp³-hybridized carbons (Fsp3) is 0.611. The maximum Gasteiger partial charge on any atom is 0.315 e. The van der Waals surface area contributed by atoms with Gasteiger partial charge in [0.05, 0.1) is 13.2 Å². The summed E-state index contributed by atoms with van der Waals surface area (Å²) in [5.41, 5.74) is 2.45. The Kier molecular flexibility index (Phi) is 6.03. The molecule has 1 atom stereocenters. The van der Waals surface area contributed by atoms with Gasteiger partial charge in [-0.2, -0.15) is 11.8 Å². The van der Waals surface area contributed by atoms with Crippen molar-refractivity contribution in [3.8, 4) is 0 Å². The SMILES string of the molecule is Cc1ccccc1CNC(=O)NCC1(N2CCOCC2)CCSC1. The van der Waals surface area contributed by atoms with Gasteiger partial charge in [0.15, 0.2) is 0 Å². The lowest BCUT2D eigenvalue weighted by Gasteiger charge is -2.43. The summed E-state index contributed by atoms with van der Waals surface area (Å²) in [6, 6.07) is 8.06. The van der Waals surface area contributed by atoms with Crippen molar-refractivity contribution in [2.45, 2.75) is 25.4 Å². The normalized spacial score (nSPS) is 24.7. The summed E-state index contributed by atoms with van der Waals surface area (Å²) >= 11 is 1.98. The van der Waals surface area contributed by atoms with Crippen molar-refractivity contribution >= 4 is 17.8 Å². The fourth-order valence-corrected chi connectivity index (χ4v) is 4.90.